The first kappa shape index (κ1) is 15.8. The van der Waals surface area contributed by atoms with Gasteiger partial charge >= 0.3 is 0 Å². The first-order valence-corrected chi connectivity index (χ1v) is 6.84. The van der Waals surface area contributed by atoms with E-state index in [0.29, 0.717) is 6.61 Å². The van der Waals surface area contributed by atoms with Crippen molar-refractivity contribution in [2.45, 2.75) is 12.8 Å². The van der Waals surface area contributed by atoms with E-state index in [1.54, 1.807) is 7.11 Å². The van der Waals surface area contributed by atoms with Gasteiger partial charge in [0.1, 0.15) is 18.1 Å². The van der Waals surface area contributed by atoms with Crippen LogP contribution < -0.4 is 14.8 Å². The summed E-state index contributed by atoms with van der Waals surface area (Å²) in [5.41, 5.74) is 0. The molecule has 4 nitrogen and oxygen atoms in total. The second kappa shape index (κ2) is 9.64. The van der Waals surface area contributed by atoms with Gasteiger partial charge in [-0.15, -0.1) is 0 Å². The highest BCUT2D eigenvalue weighted by atomic mass is 16.5. The molecule has 1 aromatic carbocycles. The van der Waals surface area contributed by atoms with E-state index in [2.05, 4.69) is 24.3 Å². The maximum absolute atomic E-state index is 5.62. The lowest BCUT2D eigenvalue weighted by atomic mass is 10.3. The Morgan fingerprint density at radius 3 is 2.32 bits per heavy atom. The lowest BCUT2D eigenvalue weighted by Gasteiger charge is -2.10. The Morgan fingerprint density at radius 2 is 1.68 bits per heavy atom. The fraction of sp³-hybridized carbons (Fsp3) is 0.600. The minimum Gasteiger partial charge on any atom is -0.497 e. The topological polar surface area (TPSA) is 33.7 Å². The fourth-order valence-corrected chi connectivity index (χ4v) is 1.72. The third-order valence-electron chi connectivity index (χ3n) is 2.82. The molecule has 19 heavy (non-hydrogen) atoms. The highest BCUT2D eigenvalue weighted by molar-refractivity contribution is 5.31. The fourth-order valence-electron chi connectivity index (χ4n) is 1.72. The molecule has 0 atom stereocenters. The number of nitrogens with zero attached hydrogens (tertiary/aromatic N) is 1. The van der Waals surface area contributed by atoms with E-state index in [1.165, 1.54) is 12.8 Å². The smallest absolute Gasteiger partial charge is 0.119 e. The van der Waals surface area contributed by atoms with Crippen LogP contribution in [0.2, 0.25) is 0 Å². The van der Waals surface area contributed by atoms with E-state index in [4.69, 9.17) is 9.47 Å². The number of unbranched alkanes of at least 4 members (excludes halogenated alkanes) is 1. The van der Waals surface area contributed by atoms with Gasteiger partial charge in [-0.2, -0.15) is 0 Å². The zero-order chi connectivity index (χ0) is 13.9. The van der Waals surface area contributed by atoms with Gasteiger partial charge < -0.3 is 19.7 Å². The van der Waals surface area contributed by atoms with Crippen molar-refractivity contribution in [3.63, 3.8) is 0 Å². The van der Waals surface area contributed by atoms with Crippen LogP contribution in [0.15, 0.2) is 24.3 Å². The number of benzene rings is 1. The minimum absolute atomic E-state index is 0.694. The molecule has 108 valence electrons. The summed E-state index contributed by atoms with van der Waals surface area (Å²) in [4.78, 5) is 2.22. The molecule has 0 aliphatic heterocycles. The van der Waals surface area contributed by atoms with Gasteiger partial charge in [-0.3, -0.25) is 0 Å². The van der Waals surface area contributed by atoms with Crippen LogP contribution in [0.5, 0.6) is 11.5 Å². The molecule has 0 aliphatic carbocycles. The molecule has 0 fully saturated rings. The Bertz CT molecular complexity index is 325. The molecule has 0 spiro atoms. The van der Waals surface area contributed by atoms with Crippen molar-refractivity contribution in [2.75, 3.05) is 47.4 Å². The summed E-state index contributed by atoms with van der Waals surface area (Å²) in [7, 11) is 5.88. The molecule has 0 radical (unpaired) electrons. The minimum atomic E-state index is 0.694. The van der Waals surface area contributed by atoms with E-state index in [0.717, 1.165) is 31.1 Å². The molecule has 0 bridgehead atoms. The average Bonchev–Trinajstić information content (AvgIpc) is 2.42. The SMILES string of the molecule is COc1ccc(OCCNCCCCN(C)C)cc1. The predicted octanol–water partition coefficient (Wildman–Crippen LogP) is 2.01. The number of rotatable bonds is 10. The molecule has 0 amide bonds. The van der Waals surface area contributed by atoms with Crippen LogP contribution in [-0.4, -0.2) is 52.3 Å². The number of hydrogen-bond acceptors (Lipinski definition) is 4. The summed E-state index contributed by atoms with van der Waals surface area (Å²) >= 11 is 0. The van der Waals surface area contributed by atoms with Gasteiger partial charge in [-0.1, -0.05) is 0 Å². The normalized spacial score (nSPS) is 10.7. The Balaban J connectivity index is 1.98. The maximum atomic E-state index is 5.62. The van der Waals surface area contributed by atoms with Crippen LogP contribution in [0.1, 0.15) is 12.8 Å². The van der Waals surface area contributed by atoms with Crippen LogP contribution in [0.4, 0.5) is 0 Å². The van der Waals surface area contributed by atoms with E-state index in [9.17, 15) is 0 Å². The van der Waals surface area contributed by atoms with Crippen LogP contribution in [0, 0.1) is 0 Å². The summed E-state index contributed by atoms with van der Waals surface area (Å²) in [6.45, 7) is 3.79. The molecule has 0 aromatic heterocycles. The molecule has 0 heterocycles. The lowest BCUT2D eigenvalue weighted by molar-refractivity contribution is 0.311. The monoisotopic (exact) mass is 266 g/mol. The standard InChI is InChI=1S/C15H26N2O2/c1-17(2)12-5-4-10-16-11-13-19-15-8-6-14(18-3)7-9-15/h6-9,16H,4-5,10-13H2,1-3H3. The Kier molecular flexibility index (Phi) is 8.02. The zero-order valence-corrected chi connectivity index (χ0v) is 12.3. The number of methoxy groups -OCH3 is 1. The van der Waals surface area contributed by atoms with E-state index in [1.807, 2.05) is 24.3 Å². The molecular formula is C15H26N2O2. The van der Waals surface area contributed by atoms with Crippen molar-refractivity contribution in [3.05, 3.63) is 24.3 Å². The molecule has 1 N–H and O–H groups in total. The largest absolute Gasteiger partial charge is 0.497 e. The number of ether oxygens (including phenoxy) is 2. The summed E-state index contributed by atoms with van der Waals surface area (Å²) in [5.74, 6) is 1.74. The maximum Gasteiger partial charge on any atom is 0.119 e. The lowest BCUT2D eigenvalue weighted by Crippen LogP contribution is -2.23. The molecule has 1 rings (SSSR count). The van der Waals surface area contributed by atoms with Gasteiger partial charge in [0.15, 0.2) is 0 Å². The molecule has 4 heteroatoms. The Morgan fingerprint density at radius 1 is 1.00 bits per heavy atom. The Hall–Kier alpha value is -1.26. The molecule has 0 aliphatic rings. The van der Waals surface area contributed by atoms with Gasteiger partial charge in [0.2, 0.25) is 0 Å². The van der Waals surface area contributed by atoms with Gasteiger partial charge in [0, 0.05) is 6.54 Å². The third-order valence-corrected chi connectivity index (χ3v) is 2.82. The van der Waals surface area contributed by atoms with Gasteiger partial charge in [0.25, 0.3) is 0 Å². The summed E-state index contributed by atoms with van der Waals surface area (Å²) in [6.07, 6.45) is 2.44. The summed E-state index contributed by atoms with van der Waals surface area (Å²) < 4.78 is 10.7. The first-order chi connectivity index (χ1) is 9.22. The van der Waals surface area contributed by atoms with Crippen molar-refractivity contribution >= 4 is 0 Å². The molecule has 0 saturated carbocycles. The third kappa shape index (κ3) is 7.70. The van der Waals surface area contributed by atoms with Gasteiger partial charge in [-0.05, 0) is 64.3 Å². The van der Waals surface area contributed by atoms with Crippen molar-refractivity contribution in [1.29, 1.82) is 0 Å². The molecular weight excluding hydrogens is 240 g/mol. The summed E-state index contributed by atoms with van der Waals surface area (Å²) in [6, 6.07) is 7.67. The molecule has 0 unspecified atom stereocenters. The Labute approximate surface area is 116 Å². The second-order valence-electron chi connectivity index (χ2n) is 4.78. The average molecular weight is 266 g/mol. The number of nitrogens with one attached hydrogen (secondary N) is 1. The highest BCUT2D eigenvalue weighted by Gasteiger charge is 1.95. The van der Waals surface area contributed by atoms with Crippen LogP contribution >= 0.6 is 0 Å². The van der Waals surface area contributed by atoms with Crippen molar-refractivity contribution < 1.29 is 9.47 Å². The summed E-state index contributed by atoms with van der Waals surface area (Å²) in [5, 5.41) is 3.38. The van der Waals surface area contributed by atoms with E-state index in [-0.39, 0.29) is 0 Å². The highest BCUT2D eigenvalue weighted by Crippen LogP contribution is 2.16. The van der Waals surface area contributed by atoms with Crippen molar-refractivity contribution in [2.24, 2.45) is 0 Å². The van der Waals surface area contributed by atoms with Crippen molar-refractivity contribution in [3.8, 4) is 11.5 Å². The van der Waals surface area contributed by atoms with Crippen molar-refractivity contribution in [1.82, 2.24) is 10.2 Å². The first-order valence-electron chi connectivity index (χ1n) is 6.84. The molecule has 1 aromatic rings. The quantitative estimate of drug-likeness (QED) is 0.657. The molecule has 0 saturated heterocycles. The van der Waals surface area contributed by atoms with E-state index >= 15 is 0 Å². The van der Waals surface area contributed by atoms with E-state index < -0.39 is 0 Å². The van der Waals surface area contributed by atoms with Crippen LogP contribution in [0.25, 0.3) is 0 Å². The van der Waals surface area contributed by atoms with Crippen LogP contribution in [-0.2, 0) is 0 Å². The number of hydrogen-bond donors (Lipinski definition) is 1. The zero-order valence-electron chi connectivity index (χ0n) is 12.3. The van der Waals surface area contributed by atoms with Crippen LogP contribution in [0.3, 0.4) is 0 Å². The second-order valence-corrected chi connectivity index (χ2v) is 4.78. The predicted molar refractivity (Wildman–Crippen MR) is 79.1 cm³/mol. The van der Waals surface area contributed by atoms with Gasteiger partial charge in [0.05, 0.1) is 7.11 Å². The van der Waals surface area contributed by atoms with Gasteiger partial charge in [-0.25, -0.2) is 0 Å².